The number of allylic oxidation sites excluding steroid dienone is 2. The van der Waals surface area contributed by atoms with E-state index in [1.54, 1.807) is 50.4 Å². The van der Waals surface area contributed by atoms with Crippen LogP contribution in [0.4, 0.5) is 18.9 Å². The lowest BCUT2D eigenvalue weighted by Gasteiger charge is -2.19. The maximum Gasteiger partial charge on any atom is 0.423 e. The van der Waals surface area contributed by atoms with Gasteiger partial charge in [-0.15, -0.1) is 0 Å². The molecule has 0 radical (unpaired) electrons. The van der Waals surface area contributed by atoms with Crippen molar-refractivity contribution in [2.45, 2.75) is 33.4 Å². The van der Waals surface area contributed by atoms with Gasteiger partial charge in [-0.3, -0.25) is 4.98 Å². The number of nitrogens with one attached hydrogen (secondary N) is 1. The standard InChI is InChI=1S/C22H24F3N3O/c1-5-8-19(28-17-12-10-15(2)11-13-17)20(22(23,24)25)21(29-4)27-16(3)18-9-6-7-14-26-18/h6-14,28H,5H2,1-4H3/b19-8-,21-20-,27-16?. The summed E-state index contributed by atoms with van der Waals surface area (Å²) in [6, 6.07) is 12.2. The molecule has 1 aromatic carbocycles. The first-order chi connectivity index (χ1) is 13.8. The fourth-order valence-electron chi connectivity index (χ4n) is 2.59. The molecular formula is C22H24F3N3O. The minimum absolute atomic E-state index is 0.113. The smallest absolute Gasteiger partial charge is 0.423 e. The molecule has 0 aliphatic carbocycles. The summed E-state index contributed by atoms with van der Waals surface area (Å²) in [5.74, 6) is -0.528. The number of anilines is 1. The van der Waals surface area contributed by atoms with E-state index in [0.717, 1.165) is 5.56 Å². The molecule has 1 N–H and O–H groups in total. The highest BCUT2D eigenvalue weighted by Gasteiger charge is 2.40. The number of aliphatic imine (C=N–C) groups is 1. The van der Waals surface area contributed by atoms with E-state index >= 15 is 0 Å². The first-order valence-corrected chi connectivity index (χ1v) is 9.12. The molecule has 0 saturated carbocycles. The Bertz CT molecular complexity index is 899. The molecule has 0 bridgehead atoms. The van der Waals surface area contributed by atoms with Crippen LogP contribution < -0.4 is 5.32 Å². The Hall–Kier alpha value is -3.09. The Labute approximate surface area is 168 Å². The third-order valence-electron chi connectivity index (χ3n) is 4.00. The van der Waals surface area contributed by atoms with Crippen LogP contribution in [-0.4, -0.2) is 24.0 Å². The lowest BCUT2D eigenvalue weighted by molar-refractivity contribution is -0.0924. The van der Waals surface area contributed by atoms with E-state index in [0.29, 0.717) is 23.5 Å². The fraction of sp³-hybridized carbons (Fsp3) is 0.273. The van der Waals surface area contributed by atoms with Crippen LogP contribution in [0.15, 0.2) is 76.9 Å². The van der Waals surface area contributed by atoms with Crippen LogP contribution in [-0.2, 0) is 4.74 Å². The molecule has 1 heterocycles. The molecule has 0 amide bonds. The molecule has 0 aliphatic heterocycles. The molecule has 0 fully saturated rings. The summed E-state index contributed by atoms with van der Waals surface area (Å²) in [7, 11) is 1.17. The van der Waals surface area contributed by atoms with Crippen molar-refractivity contribution in [1.82, 2.24) is 4.98 Å². The van der Waals surface area contributed by atoms with Crippen LogP contribution in [0, 0.1) is 6.92 Å². The third-order valence-corrected chi connectivity index (χ3v) is 4.00. The molecular weight excluding hydrogens is 379 g/mol. The molecule has 7 heteroatoms. The van der Waals surface area contributed by atoms with E-state index < -0.39 is 17.6 Å². The van der Waals surface area contributed by atoms with E-state index in [1.807, 2.05) is 19.1 Å². The Kier molecular flexibility index (Phi) is 7.59. The van der Waals surface area contributed by atoms with Crippen LogP contribution in [0.3, 0.4) is 0 Å². The van der Waals surface area contributed by atoms with Crippen LogP contribution >= 0.6 is 0 Å². The van der Waals surface area contributed by atoms with Gasteiger partial charge in [0.2, 0.25) is 5.88 Å². The van der Waals surface area contributed by atoms with Crippen molar-refractivity contribution in [1.29, 1.82) is 0 Å². The first-order valence-electron chi connectivity index (χ1n) is 9.12. The molecule has 0 unspecified atom stereocenters. The molecule has 1 aromatic heterocycles. The maximum atomic E-state index is 14.0. The third kappa shape index (κ3) is 6.20. The number of hydrogen-bond donors (Lipinski definition) is 1. The van der Waals surface area contributed by atoms with Gasteiger partial charge in [0.15, 0.2) is 0 Å². The number of ether oxygens (including phenoxy) is 1. The monoisotopic (exact) mass is 403 g/mol. The molecule has 154 valence electrons. The van der Waals surface area contributed by atoms with Gasteiger partial charge in [0.25, 0.3) is 0 Å². The van der Waals surface area contributed by atoms with Gasteiger partial charge < -0.3 is 10.1 Å². The zero-order valence-electron chi connectivity index (χ0n) is 16.8. The second-order valence-corrected chi connectivity index (χ2v) is 6.31. The number of nitrogens with zero attached hydrogens (tertiary/aromatic N) is 2. The van der Waals surface area contributed by atoms with Crippen LogP contribution in [0.5, 0.6) is 0 Å². The molecule has 0 atom stereocenters. The fourth-order valence-corrected chi connectivity index (χ4v) is 2.59. The topological polar surface area (TPSA) is 46.5 Å². The Morgan fingerprint density at radius 1 is 1.17 bits per heavy atom. The van der Waals surface area contributed by atoms with Crippen molar-refractivity contribution in [2.75, 3.05) is 12.4 Å². The molecule has 4 nitrogen and oxygen atoms in total. The van der Waals surface area contributed by atoms with Crippen LogP contribution in [0.2, 0.25) is 0 Å². The lowest BCUT2D eigenvalue weighted by atomic mass is 10.1. The van der Waals surface area contributed by atoms with E-state index in [9.17, 15) is 13.2 Å². The average molecular weight is 403 g/mol. The summed E-state index contributed by atoms with van der Waals surface area (Å²) >= 11 is 0. The molecule has 0 spiro atoms. The summed E-state index contributed by atoms with van der Waals surface area (Å²) in [5.41, 5.74) is 1.25. The summed E-state index contributed by atoms with van der Waals surface area (Å²) in [6.45, 7) is 5.26. The summed E-state index contributed by atoms with van der Waals surface area (Å²) in [6.07, 6.45) is -1.27. The van der Waals surface area contributed by atoms with Gasteiger partial charge in [0.05, 0.1) is 24.2 Å². The van der Waals surface area contributed by atoms with Gasteiger partial charge in [-0.25, -0.2) is 4.99 Å². The predicted molar refractivity (Wildman–Crippen MR) is 110 cm³/mol. The predicted octanol–water partition coefficient (Wildman–Crippen LogP) is 6.03. The number of alkyl halides is 3. The number of aromatic nitrogens is 1. The highest BCUT2D eigenvalue weighted by molar-refractivity contribution is 5.97. The van der Waals surface area contributed by atoms with Crippen molar-refractivity contribution in [3.05, 3.63) is 83.1 Å². The van der Waals surface area contributed by atoms with Gasteiger partial charge in [-0.2, -0.15) is 13.2 Å². The maximum absolute atomic E-state index is 14.0. The highest BCUT2D eigenvalue weighted by atomic mass is 19.4. The highest BCUT2D eigenvalue weighted by Crippen LogP contribution is 2.35. The minimum Gasteiger partial charge on any atom is -0.480 e. The SMILES string of the molecule is CC/C=C(Nc1ccc(C)cc1)/C(=C(\N=C(C)c1ccccn1)OC)C(F)(F)F. The molecule has 2 aromatic rings. The largest absolute Gasteiger partial charge is 0.480 e. The van der Waals surface area contributed by atoms with Crippen molar-refractivity contribution < 1.29 is 17.9 Å². The van der Waals surface area contributed by atoms with Crippen molar-refractivity contribution in [2.24, 2.45) is 4.99 Å². The second-order valence-electron chi connectivity index (χ2n) is 6.31. The average Bonchev–Trinajstić information content (AvgIpc) is 2.68. The molecule has 0 aliphatic rings. The number of rotatable bonds is 7. The Morgan fingerprint density at radius 3 is 2.38 bits per heavy atom. The van der Waals surface area contributed by atoms with E-state index in [-0.39, 0.29) is 5.70 Å². The van der Waals surface area contributed by atoms with Crippen LogP contribution in [0.25, 0.3) is 0 Å². The molecule has 2 rings (SSSR count). The van der Waals surface area contributed by atoms with Crippen molar-refractivity contribution in [3.8, 4) is 0 Å². The minimum atomic E-state index is -4.68. The lowest BCUT2D eigenvalue weighted by Crippen LogP contribution is -2.21. The van der Waals surface area contributed by atoms with Crippen molar-refractivity contribution >= 4 is 11.4 Å². The second kappa shape index (κ2) is 9.91. The molecule has 29 heavy (non-hydrogen) atoms. The Morgan fingerprint density at radius 2 is 1.86 bits per heavy atom. The zero-order valence-corrected chi connectivity index (χ0v) is 16.8. The van der Waals surface area contributed by atoms with Crippen LogP contribution in [0.1, 0.15) is 31.5 Å². The summed E-state index contributed by atoms with van der Waals surface area (Å²) in [4.78, 5) is 8.23. The number of halogens is 3. The van der Waals surface area contributed by atoms with Gasteiger partial charge >= 0.3 is 6.18 Å². The number of methoxy groups -OCH3 is 1. The van der Waals surface area contributed by atoms with Gasteiger partial charge in [0, 0.05) is 11.9 Å². The normalized spacial score (nSPS) is 13.8. The summed E-state index contributed by atoms with van der Waals surface area (Å²) in [5, 5.41) is 2.86. The zero-order chi connectivity index (χ0) is 21.4. The van der Waals surface area contributed by atoms with E-state index in [1.165, 1.54) is 13.2 Å². The van der Waals surface area contributed by atoms with Gasteiger partial charge in [0.1, 0.15) is 5.57 Å². The number of pyridine rings is 1. The van der Waals surface area contributed by atoms with Gasteiger partial charge in [-0.05, 0) is 44.5 Å². The number of benzene rings is 1. The molecule has 0 saturated heterocycles. The number of hydrogen-bond acceptors (Lipinski definition) is 4. The Balaban J connectivity index is 2.57. The quantitative estimate of drug-likeness (QED) is 0.349. The van der Waals surface area contributed by atoms with E-state index in [2.05, 4.69) is 15.3 Å². The summed E-state index contributed by atoms with van der Waals surface area (Å²) < 4.78 is 47.2. The van der Waals surface area contributed by atoms with Crippen molar-refractivity contribution in [3.63, 3.8) is 0 Å². The van der Waals surface area contributed by atoms with Gasteiger partial charge in [-0.1, -0.05) is 36.8 Å². The van der Waals surface area contributed by atoms with E-state index in [4.69, 9.17) is 4.74 Å². The first kappa shape index (κ1) is 22.2. The number of aryl methyl sites for hydroxylation is 1.